The topological polar surface area (TPSA) is 49.4 Å². The van der Waals surface area contributed by atoms with Crippen molar-refractivity contribution in [3.05, 3.63) is 34.9 Å². The summed E-state index contributed by atoms with van der Waals surface area (Å²) in [4.78, 5) is 0. The first-order valence-corrected chi connectivity index (χ1v) is 7.64. The fourth-order valence-electron chi connectivity index (χ4n) is 2.08. The number of piperazine rings is 1. The average Bonchev–Trinajstić information content (AvgIpc) is 2.28. The Morgan fingerprint density at radius 1 is 1.44 bits per heavy atom. The lowest BCUT2D eigenvalue weighted by Crippen LogP contribution is -2.48. The van der Waals surface area contributed by atoms with E-state index in [-0.39, 0.29) is 18.4 Å². The molecule has 0 radical (unpaired) electrons. The van der Waals surface area contributed by atoms with Crippen LogP contribution in [0.1, 0.15) is 11.6 Å². The van der Waals surface area contributed by atoms with E-state index in [1.165, 1.54) is 10.6 Å². The van der Waals surface area contributed by atoms with Crippen molar-refractivity contribution in [2.24, 2.45) is 0 Å². The van der Waals surface area contributed by atoms with Gasteiger partial charge in [0.25, 0.3) is 0 Å². The molecule has 2 rings (SSSR count). The van der Waals surface area contributed by atoms with E-state index in [4.69, 9.17) is 11.6 Å². The number of nitrogens with zero attached hydrogens (tertiary/aromatic N) is 1. The number of sulfonamides is 1. The minimum absolute atomic E-state index is 0. The fraction of sp³-hybridized carbons (Fsp3) is 0.455. The number of rotatable bonds is 2. The van der Waals surface area contributed by atoms with Gasteiger partial charge in [0.15, 0.2) is 0 Å². The van der Waals surface area contributed by atoms with Crippen LogP contribution in [0, 0.1) is 0 Å². The molecule has 1 aromatic carbocycles. The third-order valence-electron chi connectivity index (χ3n) is 2.85. The third-order valence-corrected chi connectivity index (χ3v) is 4.38. The number of halogens is 2. The van der Waals surface area contributed by atoms with Crippen molar-refractivity contribution in [2.45, 2.75) is 6.04 Å². The van der Waals surface area contributed by atoms with Crippen LogP contribution in [0.25, 0.3) is 0 Å². The van der Waals surface area contributed by atoms with Gasteiger partial charge in [-0.3, -0.25) is 0 Å². The Labute approximate surface area is 119 Å². The van der Waals surface area contributed by atoms with Gasteiger partial charge in [-0.15, -0.1) is 12.4 Å². The van der Waals surface area contributed by atoms with Crippen molar-refractivity contribution < 1.29 is 8.42 Å². The molecule has 102 valence electrons. The highest BCUT2D eigenvalue weighted by molar-refractivity contribution is 7.88. The fourth-order valence-corrected chi connectivity index (χ4v) is 3.36. The van der Waals surface area contributed by atoms with Crippen LogP contribution in [0.5, 0.6) is 0 Å². The summed E-state index contributed by atoms with van der Waals surface area (Å²) in [5, 5.41) is 3.83. The number of benzene rings is 1. The Balaban J connectivity index is 0.00000162. The quantitative estimate of drug-likeness (QED) is 0.904. The Hall–Kier alpha value is -0.330. The van der Waals surface area contributed by atoms with Gasteiger partial charge in [0, 0.05) is 24.7 Å². The lowest BCUT2D eigenvalue weighted by Gasteiger charge is -2.34. The minimum Gasteiger partial charge on any atom is -0.313 e. The van der Waals surface area contributed by atoms with Crippen molar-refractivity contribution in [2.75, 3.05) is 25.9 Å². The summed E-state index contributed by atoms with van der Waals surface area (Å²) >= 11 is 5.94. The maximum Gasteiger partial charge on any atom is 0.211 e. The molecule has 1 atom stereocenters. The van der Waals surface area contributed by atoms with E-state index < -0.39 is 10.0 Å². The molecule has 1 aliphatic heterocycles. The second-order valence-electron chi connectivity index (χ2n) is 4.15. The van der Waals surface area contributed by atoms with Gasteiger partial charge in [-0.05, 0) is 17.7 Å². The van der Waals surface area contributed by atoms with Gasteiger partial charge < -0.3 is 5.32 Å². The monoisotopic (exact) mass is 310 g/mol. The van der Waals surface area contributed by atoms with E-state index in [2.05, 4.69) is 5.32 Å². The molecule has 1 N–H and O–H groups in total. The molecular weight excluding hydrogens is 295 g/mol. The SMILES string of the molecule is CS(=O)(=O)N1CCNCC1c1cccc(Cl)c1.Cl. The highest BCUT2D eigenvalue weighted by Gasteiger charge is 2.30. The molecule has 1 fully saturated rings. The molecule has 0 aliphatic carbocycles. The predicted octanol–water partition coefficient (Wildman–Crippen LogP) is 1.67. The van der Waals surface area contributed by atoms with Crippen LogP contribution in [0.3, 0.4) is 0 Å². The third kappa shape index (κ3) is 3.59. The van der Waals surface area contributed by atoms with E-state index in [0.717, 1.165) is 5.56 Å². The zero-order valence-electron chi connectivity index (χ0n) is 9.97. The number of hydrogen-bond acceptors (Lipinski definition) is 3. The van der Waals surface area contributed by atoms with Crippen LogP contribution in [0.4, 0.5) is 0 Å². The first-order valence-electron chi connectivity index (χ1n) is 5.41. The highest BCUT2D eigenvalue weighted by Crippen LogP contribution is 2.26. The van der Waals surface area contributed by atoms with Gasteiger partial charge >= 0.3 is 0 Å². The Morgan fingerprint density at radius 2 is 2.17 bits per heavy atom. The first-order chi connectivity index (χ1) is 7.98. The maximum atomic E-state index is 11.7. The van der Waals surface area contributed by atoms with E-state index in [0.29, 0.717) is 24.7 Å². The smallest absolute Gasteiger partial charge is 0.211 e. The van der Waals surface area contributed by atoms with E-state index in [1.54, 1.807) is 6.07 Å². The Kier molecular flexibility index (Phi) is 5.43. The van der Waals surface area contributed by atoms with Gasteiger partial charge in [0.1, 0.15) is 0 Å². The Morgan fingerprint density at radius 3 is 2.78 bits per heavy atom. The molecule has 0 saturated carbocycles. The molecule has 0 bridgehead atoms. The zero-order valence-corrected chi connectivity index (χ0v) is 12.4. The standard InChI is InChI=1S/C11H15ClN2O2S.ClH/c1-17(15,16)14-6-5-13-8-11(14)9-3-2-4-10(12)7-9;/h2-4,7,11,13H,5-6,8H2,1H3;1H. The molecule has 0 amide bonds. The Bertz CT molecular complexity index is 508. The summed E-state index contributed by atoms with van der Waals surface area (Å²) in [5.74, 6) is 0. The van der Waals surface area contributed by atoms with E-state index in [1.807, 2.05) is 18.2 Å². The lowest BCUT2D eigenvalue weighted by atomic mass is 10.1. The van der Waals surface area contributed by atoms with E-state index in [9.17, 15) is 8.42 Å². The number of hydrogen-bond donors (Lipinski definition) is 1. The molecule has 1 aromatic rings. The minimum atomic E-state index is -3.19. The van der Waals surface area contributed by atoms with Gasteiger partial charge in [-0.1, -0.05) is 23.7 Å². The van der Waals surface area contributed by atoms with Gasteiger partial charge in [-0.2, -0.15) is 4.31 Å². The molecule has 1 unspecified atom stereocenters. The predicted molar refractivity (Wildman–Crippen MR) is 75.9 cm³/mol. The van der Waals surface area contributed by atoms with Gasteiger partial charge in [0.2, 0.25) is 10.0 Å². The summed E-state index contributed by atoms with van der Waals surface area (Å²) in [7, 11) is -3.19. The van der Waals surface area contributed by atoms with Crippen LogP contribution >= 0.6 is 24.0 Å². The molecule has 0 aromatic heterocycles. The second-order valence-corrected chi connectivity index (χ2v) is 6.52. The molecule has 18 heavy (non-hydrogen) atoms. The number of nitrogens with one attached hydrogen (secondary N) is 1. The largest absolute Gasteiger partial charge is 0.313 e. The van der Waals surface area contributed by atoms with Crippen LogP contribution in [0.15, 0.2) is 24.3 Å². The molecular formula is C11H16Cl2N2O2S. The van der Waals surface area contributed by atoms with Crippen LogP contribution in [-0.4, -0.2) is 38.6 Å². The molecule has 7 heteroatoms. The summed E-state index contributed by atoms with van der Waals surface area (Å²) in [6.07, 6.45) is 1.25. The van der Waals surface area contributed by atoms with Crippen LogP contribution < -0.4 is 5.32 Å². The summed E-state index contributed by atoms with van der Waals surface area (Å²) < 4.78 is 25.0. The first kappa shape index (κ1) is 15.7. The van der Waals surface area contributed by atoms with Crippen molar-refractivity contribution in [3.63, 3.8) is 0 Å². The molecule has 1 saturated heterocycles. The lowest BCUT2D eigenvalue weighted by molar-refractivity contribution is 0.273. The van der Waals surface area contributed by atoms with Gasteiger partial charge in [-0.25, -0.2) is 8.42 Å². The molecule has 1 aliphatic rings. The second kappa shape index (κ2) is 6.21. The summed E-state index contributed by atoms with van der Waals surface area (Å²) in [5.41, 5.74) is 0.926. The molecule has 1 heterocycles. The van der Waals surface area contributed by atoms with Crippen LogP contribution in [-0.2, 0) is 10.0 Å². The van der Waals surface area contributed by atoms with E-state index >= 15 is 0 Å². The van der Waals surface area contributed by atoms with Crippen molar-refractivity contribution in [3.8, 4) is 0 Å². The zero-order chi connectivity index (χ0) is 12.5. The molecule has 4 nitrogen and oxygen atoms in total. The van der Waals surface area contributed by atoms with Crippen molar-refractivity contribution in [1.29, 1.82) is 0 Å². The maximum absolute atomic E-state index is 11.7. The van der Waals surface area contributed by atoms with Crippen LogP contribution in [0.2, 0.25) is 5.02 Å². The van der Waals surface area contributed by atoms with Crippen molar-refractivity contribution >= 4 is 34.0 Å². The molecule has 0 spiro atoms. The summed E-state index contributed by atoms with van der Waals surface area (Å²) in [6.45, 7) is 1.80. The van der Waals surface area contributed by atoms with Crippen molar-refractivity contribution in [1.82, 2.24) is 9.62 Å². The average molecular weight is 311 g/mol. The highest BCUT2D eigenvalue weighted by atomic mass is 35.5. The van der Waals surface area contributed by atoms with Gasteiger partial charge in [0.05, 0.1) is 12.3 Å². The summed E-state index contributed by atoms with van der Waals surface area (Å²) in [6, 6.07) is 7.18. The normalized spacial score (nSPS) is 21.3.